The van der Waals surface area contributed by atoms with Gasteiger partial charge in [-0.1, -0.05) is 12.1 Å². The number of piperazine rings is 1. The van der Waals surface area contributed by atoms with E-state index in [4.69, 9.17) is 4.74 Å². The molecule has 1 N–H and O–H groups in total. The molecule has 0 spiro atoms. The summed E-state index contributed by atoms with van der Waals surface area (Å²) in [6, 6.07) is 9.40. The van der Waals surface area contributed by atoms with Crippen LogP contribution in [0.4, 0.5) is 10.1 Å². The Morgan fingerprint density at radius 3 is 2.37 bits per heavy atom. The molecule has 0 bridgehead atoms. The number of halogens is 1. The van der Waals surface area contributed by atoms with E-state index in [0.717, 1.165) is 11.1 Å². The van der Waals surface area contributed by atoms with Crippen LogP contribution in [0.15, 0.2) is 36.4 Å². The van der Waals surface area contributed by atoms with Crippen molar-refractivity contribution in [2.75, 3.05) is 38.6 Å². The van der Waals surface area contributed by atoms with Crippen LogP contribution in [0, 0.1) is 19.7 Å². The highest BCUT2D eigenvalue weighted by Crippen LogP contribution is 2.21. The van der Waals surface area contributed by atoms with Gasteiger partial charge in [-0.3, -0.25) is 14.5 Å². The minimum atomic E-state index is -0.386. The van der Waals surface area contributed by atoms with Crippen molar-refractivity contribution in [2.45, 2.75) is 26.8 Å². The fourth-order valence-electron chi connectivity index (χ4n) is 3.58. The molecule has 1 unspecified atom stereocenters. The maximum Gasteiger partial charge on any atom is 0.254 e. The Morgan fingerprint density at radius 2 is 1.70 bits per heavy atom. The van der Waals surface area contributed by atoms with E-state index in [1.54, 1.807) is 24.1 Å². The number of rotatable bonds is 5. The summed E-state index contributed by atoms with van der Waals surface area (Å²) in [5.41, 5.74) is 2.86. The van der Waals surface area contributed by atoms with Crippen LogP contribution >= 0.6 is 0 Å². The topological polar surface area (TPSA) is 61.9 Å². The Balaban J connectivity index is 1.58. The van der Waals surface area contributed by atoms with Crippen LogP contribution in [-0.2, 0) is 4.79 Å². The van der Waals surface area contributed by atoms with E-state index in [1.165, 1.54) is 12.1 Å². The summed E-state index contributed by atoms with van der Waals surface area (Å²) >= 11 is 0. The number of benzene rings is 2. The lowest BCUT2D eigenvalue weighted by molar-refractivity contribution is -0.121. The lowest BCUT2D eigenvalue weighted by atomic mass is 10.1. The van der Waals surface area contributed by atoms with Crippen molar-refractivity contribution < 1.29 is 18.7 Å². The Kier molecular flexibility index (Phi) is 6.72. The third-order valence-electron chi connectivity index (χ3n) is 5.64. The van der Waals surface area contributed by atoms with Gasteiger partial charge in [-0.15, -0.1) is 0 Å². The molecule has 2 amide bonds. The second-order valence-corrected chi connectivity index (χ2v) is 7.64. The van der Waals surface area contributed by atoms with E-state index in [1.807, 2.05) is 37.8 Å². The lowest BCUT2D eigenvalue weighted by Gasteiger charge is -2.37. The first-order valence-electron chi connectivity index (χ1n) is 10.0. The second kappa shape index (κ2) is 9.26. The molecule has 3 rings (SSSR count). The fraction of sp³-hybridized carbons (Fsp3) is 0.391. The predicted octanol–water partition coefficient (Wildman–Crippen LogP) is 3.24. The fourth-order valence-corrected chi connectivity index (χ4v) is 3.58. The summed E-state index contributed by atoms with van der Waals surface area (Å²) in [7, 11) is 1.59. The van der Waals surface area contributed by atoms with Gasteiger partial charge < -0.3 is 15.0 Å². The summed E-state index contributed by atoms with van der Waals surface area (Å²) in [4.78, 5) is 29.3. The van der Waals surface area contributed by atoms with Gasteiger partial charge in [-0.25, -0.2) is 4.39 Å². The summed E-state index contributed by atoms with van der Waals surface area (Å²) in [5.74, 6) is 0.0769. The number of anilines is 1. The summed E-state index contributed by atoms with van der Waals surface area (Å²) in [5, 5.41) is 2.81. The molecule has 1 heterocycles. The molecule has 0 saturated carbocycles. The summed E-state index contributed by atoms with van der Waals surface area (Å²) in [6.45, 7) is 7.83. The van der Waals surface area contributed by atoms with Gasteiger partial charge in [0, 0.05) is 37.4 Å². The molecule has 1 atom stereocenters. The predicted molar refractivity (Wildman–Crippen MR) is 114 cm³/mol. The van der Waals surface area contributed by atoms with Crippen LogP contribution in [0.25, 0.3) is 0 Å². The largest absolute Gasteiger partial charge is 0.496 e. The molecule has 0 aliphatic carbocycles. The lowest BCUT2D eigenvalue weighted by Crippen LogP contribution is -2.54. The summed E-state index contributed by atoms with van der Waals surface area (Å²) in [6.07, 6.45) is 0. The Labute approximate surface area is 176 Å². The van der Waals surface area contributed by atoms with Gasteiger partial charge in [-0.05, 0) is 56.2 Å². The third kappa shape index (κ3) is 4.79. The molecular formula is C23H28FN3O3. The number of aryl methyl sites for hydroxylation is 2. The van der Waals surface area contributed by atoms with Gasteiger partial charge in [0.15, 0.2) is 0 Å². The number of hydrogen-bond acceptors (Lipinski definition) is 4. The van der Waals surface area contributed by atoms with Crippen molar-refractivity contribution in [1.82, 2.24) is 9.80 Å². The normalized spacial score (nSPS) is 15.6. The molecule has 30 heavy (non-hydrogen) atoms. The van der Waals surface area contributed by atoms with Crippen LogP contribution in [0.3, 0.4) is 0 Å². The minimum Gasteiger partial charge on any atom is -0.496 e. The van der Waals surface area contributed by atoms with Gasteiger partial charge in [0.2, 0.25) is 5.91 Å². The van der Waals surface area contributed by atoms with E-state index >= 15 is 0 Å². The molecule has 1 saturated heterocycles. The first-order valence-corrected chi connectivity index (χ1v) is 10.0. The smallest absolute Gasteiger partial charge is 0.254 e. The number of methoxy groups -OCH3 is 1. The van der Waals surface area contributed by atoms with E-state index in [-0.39, 0.29) is 23.7 Å². The van der Waals surface area contributed by atoms with Gasteiger partial charge in [0.25, 0.3) is 5.91 Å². The van der Waals surface area contributed by atoms with E-state index in [9.17, 15) is 14.0 Å². The number of carbonyl (C=O) groups excluding carboxylic acids is 2. The highest BCUT2D eigenvalue weighted by molar-refractivity contribution is 5.96. The third-order valence-corrected chi connectivity index (χ3v) is 5.64. The highest BCUT2D eigenvalue weighted by Gasteiger charge is 2.28. The molecule has 6 nitrogen and oxygen atoms in total. The maximum atomic E-state index is 13.5. The molecule has 7 heteroatoms. The number of nitrogens with one attached hydrogen (secondary N) is 1. The van der Waals surface area contributed by atoms with Crippen molar-refractivity contribution >= 4 is 17.5 Å². The number of hydrogen-bond donors (Lipinski definition) is 1. The zero-order valence-electron chi connectivity index (χ0n) is 17.9. The molecule has 2 aromatic carbocycles. The van der Waals surface area contributed by atoms with Crippen molar-refractivity contribution in [3.05, 3.63) is 58.9 Å². The van der Waals surface area contributed by atoms with Gasteiger partial charge in [-0.2, -0.15) is 0 Å². The molecule has 1 fully saturated rings. The molecule has 2 aromatic rings. The zero-order valence-corrected chi connectivity index (χ0v) is 17.9. The minimum absolute atomic E-state index is 0.0413. The SMILES string of the molecule is COc1cc(C(=O)N2CCN(C(C)C(=O)Nc3cc(F)ccc3C)CC2)ccc1C. The van der Waals surface area contributed by atoms with E-state index in [2.05, 4.69) is 5.32 Å². The molecule has 0 radical (unpaired) electrons. The summed E-state index contributed by atoms with van der Waals surface area (Å²) < 4.78 is 18.8. The zero-order chi connectivity index (χ0) is 21.8. The van der Waals surface area contributed by atoms with Crippen molar-refractivity contribution in [1.29, 1.82) is 0 Å². The van der Waals surface area contributed by atoms with Crippen LogP contribution in [0.5, 0.6) is 5.75 Å². The van der Waals surface area contributed by atoms with E-state index in [0.29, 0.717) is 43.2 Å². The number of nitrogens with zero attached hydrogens (tertiary/aromatic N) is 2. The standard InChI is InChI=1S/C23H28FN3O3/c1-15-6-8-19(24)14-20(15)25-22(28)17(3)26-9-11-27(12-10-26)23(29)18-7-5-16(2)21(13-18)30-4/h5-8,13-14,17H,9-12H2,1-4H3,(H,25,28). The van der Waals surface area contributed by atoms with Crippen molar-refractivity contribution in [3.63, 3.8) is 0 Å². The Hall–Kier alpha value is -2.93. The number of carbonyl (C=O) groups is 2. The molecular weight excluding hydrogens is 385 g/mol. The van der Waals surface area contributed by atoms with Gasteiger partial charge in [0.1, 0.15) is 11.6 Å². The monoisotopic (exact) mass is 413 g/mol. The first-order chi connectivity index (χ1) is 14.3. The number of amides is 2. The van der Waals surface area contributed by atoms with Crippen LogP contribution in [0.2, 0.25) is 0 Å². The second-order valence-electron chi connectivity index (χ2n) is 7.64. The van der Waals surface area contributed by atoms with Gasteiger partial charge in [0.05, 0.1) is 13.2 Å². The average Bonchev–Trinajstić information content (AvgIpc) is 2.75. The Bertz CT molecular complexity index is 939. The maximum absolute atomic E-state index is 13.5. The van der Waals surface area contributed by atoms with Crippen LogP contribution < -0.4 is 10.1 Å². The first kappa shape index (κ1) is 21.8. The molecule has 1 aliphatic rings. The van der Waals surface area contributed by atoms with Crippen LogP contribution in [0.1, 0.15) is 28.4 Å². The van der Waals surface area contributed by atoms with E-state index < -0.39 is 0 Å². The van der Waals surface area contributed by atoms with Crippen molar-refractivity contribution in [2.24, 2.45) is 0 Å². The average molecular weight is 413 g/mol. The van der Waals surface area contributed by atoms with Crippen molar-refractivity contribution in [3.8, 4) is 5.75 Å². The molecule has 160 valence electrons. The van der Waals surface area contributed by atoms with Gasteiger partial charge >= 0.3 is 0 Å². The quantitative estimate of drug-likeness (QED) is 0.818. The number of ether oxygens (including phenoxy) is 1. The molecule has 1 aliphatic heterocycles. The highest BCUT2D eigenvalue weighted by atomic mass is 19.1. The Morgan fingerprint density at radius 1 is 1.03 bits per heavy atom. The van der Waals surface area contributed by atoms with Crippen LogP contribution in [-0.4, -0.2) is 60.9 Å². The molecule has 0 aromatic heterocycles.